The Bertz CT molecular complexity index is 291. The standard InChI is InChI=1S/C8H9N3O/c1-7(8-10-3-5-12-8)11-4-2-9-6-11/h2-7H,1H3. The Morgan fingerprint density at radius 1 is 1.50 bits per heavy atom. The van der Waals surface area contributed by atoms with Gasteiger partial charge in [-0.25, -0.2) is 9.97 Å². The number of oxazole rings is 1. The van der Waals surface area contributed by atoms with Crippen molar-refractivity contribution in [2.45, 2.75) is 13.0 Å². The highest BCUT2D eigenvalue weighted by molar-refractivity contribution is 4.93. The van der Waals surface area contributed by atoms with Gasteiger partial charge in [-0.15, -0.1) is 0 Å². The third-order valence-corrected chi connectivity index (χ3v) is 1.78. The highest BCUT2D eigenvalue weighted by Crippen LogP contribution is 2.13. The fraction of sp³-hybridized carbons (Fsp3) is 0.250. The van der Waals surface area contributed by atoms with E-state index in [0.717, 1.165) is 0 Å². The van der Waals surface area contributed by atoms with Crippen molar-refractivity contribution in [3.05, 3.63) is 37.1 Å². The van der Waals surface area contributed by atoms with Crippen molar-refractivity contribution in [1.82, 2.24) is 14.5 Å². The molecule has 2 aromatic rings. The second kappa shape index (κ2) is 2.81. The first-order chi connectivity index (χ1) is 5.88. The second-order valence-electron chi connectivity index (χ2n) is 2.56. The Hall–Kier alpha value is -1.58. The van der Waals surface area contributed by atoms with E-state index in [9.17, 15) is 0 Å². The average molecular weight is 163 g/mol. The molecular weight excluding hydrogens is 154 g/mol. The minimum absolute atomic E-state index is 0.113. The van der Waals surface area contributed by atoms with Gasteiger partial charge in [0.1, 0.15) is 12.3 Å². The first-order valence-corrected chi connectivity index (χ1v) is 3.75. The molecule has 2 aromatic heterocycles. The maximum absolute atomic E-state index is 5.16. The van der Waals surface area contributed by atoms with Gasteiger partial charge in [-0.2, -0.15) is 0 Å². The lowest BCUT2D eigenvalue weighted by Gasteiger charge is -2.07. The van der Waals surface area contributed by atoms with Crippen molar-refractivity contribution in [2.24, 2.45) is 0 Å². The summed E-state index contributed by atoms with van der Waals surface area (Å²) in [5.41, 5.74) is 0. The Balaban J connectivity index is 2.27. The van der Waals surface area contributed by atoms with Gasteiger partial charge in [-0.1, -0.05) is 0 Å². The van der Waals surface area contributed by atoms with E-state index in [-0.39, 0.29) is 6.04 Å². The van der Waals surface area contributed by atoms with Crippen LogP contribution in [0.3, 0.4) is 0 Å². The van der Waals surface area contributed by atoms with Crippen LogP contribution in [-0.4, -0.2) is 14.5 Å². The van der Waals surface area contributed by atoms with Crippen LogP contribution in [0.15, 0.2) is 35.6 Å². The fourth-order valence-electron chi connectivity index (χ4n) is 1.07. The molecule has 1 unspecified atom stereocenters. The van der Waals surface area contributed by atoms with Crippen molar-refractivity contribution >= 4 is 0 Å². The normalized spacial score (nSPS) is 13.1. The first-order valence-electron chi connectivity index (χ1n) is 3.75. The zero-order valence-corrected chi connectivity index (χ0v) is 6.71. The molecule has 2 heterocycles. The van der Waals surface area contributed by atoms with Crippen LogP contribution in [0.5, 0.6) is 0 Å². The molecule has 4 heteroatoms. The molecule has 1 atom stereocenters. The molecule has 0 aliphatic heterocycles. The van der Waals surface area contributed by atoms with E-state index in [1.54, 1.807) is 25.0 Å². The maximum Gasteiger partial charge on any atom is 0.216 e. The summed E-state index contributed by atoms with van der Waals surface area (Å²) >= 11 is 0. The minimum atomic E-state index is 0.113. The van der Waals surface area contributed by atoms with Gasteiger partial charge in [0.05, 0.1) is 12.5 Å². The molecule has 2 rings (SSSR count). The quantitative estimate of drug-likeness (QED) is 0.673. The van der Waals surface area contributed by atoms with E-state index in [2.05, 4.69) is 9.97 Å². The molecule has 0 saturated carbocycles. The number of nitrogens with zero attached hydrogens (tertiary/aromatic N) is 3. The first kappa shape index (κ1) is 7.09. The molecular formula is C8H9N3O. The number of aromatic nitrogens is 3. The molecule has 0 bridgehead atoms. The molecule has 0 radical (unpaired) electrons. The van der Waals surface area contributed by atoms with E-state index in [0.29, 0.717) is 5.89 Å². The molecule has 0 spiro atoms. The largest absolute Gasteiger partial charge is 0.447 e. The number of rotatable bonds is 2. The van der Waals surface area contributed by atoms with Gasteiger partial charge in [-0.05, 0) is 6.92 Å². The summed E-state index contributed by atoms with van der Waals surface area (Å²) in [6.45, 7) is 2.01. The average Bonchev–Trinajstić information content (AvgIpc) is 2.77. The smallest absolute Gasteiger partial charge is 0.216 e. The maximum atomic E-state index is 5.16. The molecule has 0 aliphatic carbocycles. The third kappa shape index (κ3) is 1.11. The van der Waals surface area contributed by atoms with Crippen LogP contribution in [-0.2, 0) is 0 Å². The molecule has 0 aliphatic rings. The van der Waals surface area contributed by atoms with Gasteiger partial charge in [0.15, 0.2) is 0 Å². The van der Waals surface area contributed by atoms with Crippen LogP contribution in [0.4, 0.5) is 0 Å². The molecule has 0 N–H and O–H groups in total. The Labute approximate surface area is 69.9 Å². The van der Waals surface area contributed by atoms with Crippen molar-refractivity contribution in [3.8, 4) is 0 Å². The predicted octanol–water partition coefficient (Wildman–Crippen LogP) is 1.48. The van der Waals surface area contributed by atoms with Crippen LogP contribution in [0.25, 0.3) is 0 Å². The summed E-state index contributed by atoms with van der Waals surface area (Å²) in [4.78, 5) is 8.00. The zero-order chi connectivity index (χ0) is 8.39. The number of hydrogen-bond donors (Lipinski definition) is 0. The summed E-state index contributed by atoms with van der Waals surface area (Å²) in [5, 5.41) is 0. The van der Waals surface area contributed by atoms with Crippen LogP contribution >= 0.6 is 0 Å². The topological polar surface area (TPSA) is 43.9 Å². The van der Waals surface area contributed by atoms with Crippen LogP contribution in [0, 0.1) is 0 Å². The van der Waals surface area contributed by atoms with Crippen molar-refractivity contribution in [2.75, 3.05) is 0 Å². The van der Waals surface area contributed by atoms with Gasteiger partial charge < -0.3 is 8.98 Å². The lowest BCUT2D eigenvalue weighted by atomic mass is 10.3. The van der Waals surface area contributed by atoms with Gasteiger partial charge in [0, 0.05) is 12.4 Å². The van der Waals surface area contributed by atoms with Crippen molar-refractivity contribution in [1.29, 1.82) is 0 Å². The summed E-state index contributed by atoms with van der Waals surface area (Å²) in [6.07, 6.45) is 8.58. The molecule has 0 fully saturated rings. The summed E-state index contributed by atoms with van der Waals surface area (Å²) < 4.78 is 7.10. The van der Waals surface area contributed by atoms with Crippen LogP contribution in [0.1, 0.15) is 18.9 Å². The van der Waals surface area contributed by atoms with Gasteiger partial charge in [-0.3, -0.25) is 0 Å². The second-order valence-corrected chi connectivity index (χ2v) is 2.56. The van der Waals surface area contributed by atoms with Crippen LogP contribution in [0.2, 0.25) is 0 Å². The van der Waals surface area contributed by atoms with E-state index in [1.807, 2.05) is 17.7 Å². The molecule has 0 saturated heterocycles. The molecule has 62 valence electrons. The van der Waals surface area contributed by atoms with Gasteiger partial charge in [0.25, 0.3) is 0 Å². The highest BCUT2D eigenvalue weighted by Gasteiger charge is 2.10. The Morgan fingerprint density at radius 3 is 3.00 bits per heavy atom. The third-order valence-electron chi connectivity index (χ3n) is 1.78. The van der Waals surface area contributed by atoms with E-state index in [1.165, 1.54) is 0 Å². The predicted molar refractivity (Wildman–Crippen MR) is 42.5 cm³/mol. The monoisotopic (exact) mass is 163 g/mol. The molecule has 0 amide bonds. The molecule has 0 aromatic carbocycles. The lowest BCUT2D eigenvalue weighted by Crippen LogP contribution is -2.03. The molecule has 12 heavy (non-hydrogen) atoms. The number of imidazole rings is 1. The Kier molecular flexibility index (Phi) is 1.66. The zero-order valence-electron chi connectivity index (χ0n) is 6.71. The van der Waals surface area contributed by atoms with E-state index >= 15 is 0 Å². The summed E-state index contributed by atoms with van der Waals surface area (Å²) in [5.74, 6) is 0.702. The summed E-state index contributed by atoms with van der Waals surface area (Å²) in [6, 6.07) is 0.113. The highest BCUT2D eigenvalue weighted by atomic mass is 16.3. The van der Waals surface area contributed by atoms with E-state index < -0.39 is 0 Å². The molecule has 4 nitrogen and oxygen atoms in total. The van der Waals surface area contributed by atoms with Crippen molar-refractivity contribution in [3.63, 3.8) is 0 Å². The van der Waals surface area contributed by atoms with Gasteiger partial charge in [0.2, 0.25) is 5.89 Å². The minimum Gasteiger partial charge on any atom is -0.447 e. The number of hydrogen-bond acceptors (Lipinski definition) is 3. The van der Waals surface area contributed by atoms with Crippen LogP contribution < -0.4 is 0 Å². The lowest BCUT2D eigenvalue weighted by molar-refractivity contribution is 0.430. The SMILES string of the molecule is CC(c1ncco1)n1ccnc1. The van der Waals surface area contributed by atoms with E-state index in [4.69, 9.17) is 4.42 Å². The van der Waals surface area contributed by atoms with Gasteiger partial charge >= 0.3 is 0 Å². The van der Waals surface area contributed by atoms with Crippen molar-refractivity contribution < 1.29 is 4.42 Å². The fourth-order valence-corrected chi connectivity index (χ4v) is 1.07. The summed E-state index contributed by atoms with van der Waals surface area (Å²) in [7, 11) is 0. The Morgan fingerprint density at radius 2 is 2.42 bits per heavy atom.